The molecule has 0 bridgehead atoms. The van der Waals surface area contributed by atoms with Gasteiger partial charge in [0.05, 0.1) is 11.6 Å². The maximum atomic E-state index is 13.5. The van der Waals surface area contributed by atoms with Gasteiger partial charge in [-0.3, -0.25) is 0 Å². The number of hydrogen-bond acceptors (Lipinski definition) is 3. The highest BCUT2D eigenvalue weighted by Crippen LogP contribution is 2.25. The molecule has 1 N–H and O–H groups in total. The number of anilines is 1. The first-order chi connectivity index (χ1) is 7.89. The zero-order valence-corrected chi connectivity index (χ0v) is 10.8. The minimum Gasteiger partial charge on any atom is -0.379 e. The van der Waals surface area contributed by atoms with Gasteiger partial charge < -0.3 is 5.32 Å². The molecule has 92 valence electrons. The Kier molecular flexibility index (Phi) is 4.35. The van der Waals surface area contributed by atoms with E-state index in [-0.39, 0.29) is 16.0 Å². The topological polar surface area (TPSA) is 35.8 Å². The fraction of sp³-hybridized carbons (Fsp3) is 0.417. The normalized spacial score (nSPS) is 11.1. The van der Waals surface area contributed by atoms with Gasteiger partial charge in [-0.25, -0.2) is 8.78 Å². The van der Waals surface area contributed by atoms with E-state index in [1.165, 1.54) is 0 Å². The van der Waals surface area contributed by atoms with E-state index in [1.54, 1.807) is 17.8 Å². The van der Waals surface area contributed by atoms with E-state index >= 15 is 0 Å². The lowest BCUT2D eigenvalue weighted by Gasteiger charge is -2.23. The molecule has 0 spiro atoms. The van der Waals surface area contributed by atoms with E-state index in [0.717, 1.165) is 12.1 Å². The zero-order valence-electron chi connectivity index (χ0n) is 9.97. The Bertz CT molecular complexity index is 429. The van der Waals surface area contributed by atoms with Gasteiger partial charge in [-0.1, -0.05) is 0 Å². The zero-order chi connectivity index (χ0) is 13.1. The van der Waals surface area contributed by atoms with Gasteiger partial charge >= 0.3 is 0 Å². The average Bonchev–Trinajstić information content (AvgIpc) is 2.27. The van der Waals surface area contributed by atoms with Crippen LogP contribution in [0.5, 0.6) is 0 Å². The molecule has 0 aromatic heterocycles. The quantitative estimate of drug-likeness (QED) is 0.897. The van der Waals surface area contributed by atoms with Gasteiger partial charge in [-0.15, -0.1) is 0 Å². The Morgan fingerprint density at radius 3 is 2.29 bits per heavy atom. The number of nitrogens with zero attached hydrogens (tertiary/aromatic N) is 1. The van der Waals surface area contributed by atoms with Crippen molar-refractivity contribution in [3.63, 3.8) is 0 Å². The number of nitriles is 1. The predicted molar refractivity (Wildman–Crippen MR) is 67.2 cm³/mol. The van der Waals surface area contributed by atoms with E-state index in [2.05, 4.69) is 5.32 Å². The van der Waals surface area contributed by atoms with Gasteiger partial charge in [0.25, 0.3) is 0 Å². The van der Waals surface area contributed by atoms with Crippen LogP contribution in [0.2, 0.25) is 0 Å². The lowest BCUT2D eigenvalue weighted by Crippen LogP contribution is -2.26. The van der Waals surface area contributed by atoms with Crippen LogP contribution in [0.15, 0.2) is 12.1 Å². The number of nitrogens with one attached hydrogen (secondary N) is 1. The van der Waals surface area contributed by atoms with E-state index in [9.17, 15) is 8.78 Å². The van der Waals surface area contributed by atoms with E-state index in [1.807, 2.05) is 20.1 Å². The number of rotatable bonds is 4. The summed E-state index contributed by atoms with van der Waals surface area (Å²) < 4.78 is 26.9. The monoisotopic (exact) mass is 256 g/mol. The molecule has 0 radical (unpaired) electrons. The second-order valence-corrected chi connectivity index (χ2v) is 5.76. The molecular weight excluding hydrogens is 242 g/mol. The molecule has 0 saturated heterocycles. The van der Waals surface area contributed by atoms with Crippen molar-refractivity contribution in [2.75, 3.05) is 18.1 Å². The molecule has 0 aliphatic carbocycles. The van der Waals surface area contributed by atoms with Crippen LogP contribution in [-0.4, -0.2) is 17.5 Å². The smallest absolute Gasteiger partial charge is 0.150 e. The van der Waals surface area contributed by atoms with E-state index in [4.69, 9.17) is 5.26 Å². The Morgan fingerprint density at radius 2 is 1.88 bits per heavy atom. The minimum atomic E-state index is -0.738. The van der Waals surface area contributed by atoms with Crippen molar-refractivity contribution in [1.82, 2.24) is 0 Å². The standard InChI is InChI=1S/C12H14F2N2S/c1-12(2,17-3)7-16-11-9(13)4-8(6-15)5-10(11)14/h4-5,16H,7H2,1-3H3. The van der Waals surface area contributed by atoms with Crippen molar-refractivity contribution in [2.24, 2.45) is 0 Å². The maximum absolute atomic E-state index is 13.5. The van der Waals surface area contributed by atoms with Crippen molar-refractivity contribution in [3.05, 3.63) is 29.3 Å². The summed E-state index contributed by atoms with van der Waals surface area (Å²) >= 11 is 1.61. The lowest BCUT2D eigenvalue weighted by atomic mass is 10.1. The first kappa shape index (κ1) is 13.8. The Balaban J connectivity index is 2.90. The molecule has 0 unspecified atom stereocenters. The number of halogens is 2. The third-order valence-electron chi connectivity index (χ3n) is 2.41. The molecule has 0 saturated carbocycles. The second kappa shape index (κ2) is 5.37. The predicted octanol–water partition coefficient (Wildman–Crippen LogP) is 3.39. The first-order valence-corrected chi connectivity index (χ1v) is 6.30. The lowest BCUT2D eigenvalue weighted by molar-refractivity contribution is 0.584. The molecular formula is C12H14F2N2S. The van der Waals surface area contributed by atoms with Crippen molar-refractivity contribution < 1.29 is 8.78 Å². The Morgan fingerprint density at radius 1 is 1.35 bits per heavy atom. The molecule has 0 atom stereocenters. The highest BCUT2D eigenvalue weighted by Gasteiger charge is 2.18. The van der Waals surface area contributed by atoms with Gasteiger partial charge in [0, 0.05) is 11.3 Å². The molecule has 0 aliphatic heterocycles. The van der Waals surface area contributed by atoms with Gasteiger partial charge in [0.2, 0.25) is 0 Å². The number of benzene rings is 1. The molecule has 0 aliphatic rings. The summed E-state index contributed by atoms with van der Waals surface area (Å²) in [7, 11) is 0. The average molecular weight is 256 g/mol. The molecule has 2 nitrogen and oxygen atoms in total. The molecule has 0 fully saturated rings. The summed E-state index contributed by atoms with van der Waals surface area (Å²) in [5.74, 6) is -1.48. The number of thioether (sulfide) groups is 1. The van der Waals surface area contributed by atoms with Crippen LogP contribution in [0.25, 0.3) is 0 Å². The summed E-state index contributed by atoms with van der Waals surface area (Å²) in [6.07, 6.45) is 1.94. The largest absolute Gasteiger partial charge is 0.379 e. The van der Waals surface area contributed by atoms with Crippen LogP contribution in [-0.2, 0) is 0 Å². The van der Waals surface area contributed by atoms with Gasteiger partial charge in [0.1, 0.15) is 5.69 Å². The van der Waals surface area contributed by atoms with Crippen LogP contribution in [0.3, 0.4) is 0 Å². The fourth-order valence-electron chi connectivity index (χ4n) is 1.18. The highest BCUT2D eigenvalue weighted by atomic mass is 32.2. The van der Waals surface area contributed by atoms with Gasteiger partial charge in [0.15, 0.2) is 11.6 Å². The summed E-state index contributed by atoms with van der Waals surface area (Å²) in [6, 6.07) is 3.76. The third kappa shape index (κ3) is 3.60. The maximum Gasteiger partial charge on any atom is 0.150 e. The second-order valence-electron chi connectivity index (χ2n) is 4.24. The Hall–Kier alpha value is -1.28. The minimum absolute atomic E-state index is 0.0188. The van der Waals surface area contributed by atoms with Crippen molar-refractivity contribution >= 4 is 17.4 Å². The van der Waals surface area contributed by atoms with Crippen molar-refractivity contribution in [3.8, 4) is 6.07 Å². The first-order valence-electron chi connectivity index (χ1n) is 5.08. The van der Waals surface area contributed by atoms with E-state index in [0.29, 0.717) is 6.54 Å². The molecule has 1 aromatic rings. The van der Waals surface area contributed by atoms with E-state index < -0.39 is 11.6 Å². The van der Waals surface area contributed by atoms with Crippen LogP contribution in [0, 0.1) is 23.0 Å². The summed E-state index contributed by atoms with van der Waals surface area (Å²) in [5, 5.41) is 11.3. The molecule has 1 aromatic carbocycles. The van der Waals surface area contributed by atoms with Crippen molar-refractivity contribution in [1.29, 1.82) is 5.26 Å². The molecule has 0 heterocycles. The SMILES string of the molecule is CSC(C)(C)CNc1c(F)cc(C#N)cc1F. The third-order valence-corrected chi connectivity index (χ3v) is 3.66. The van der Waals surface area contributed by atoms with Crippen LogP contribution in [0.1, 0.15) is 19.4 Å². The summed E-state index contributed by atoms with van der Waals surface area (Å²) in [6.45, 7) is 4.39. The summed E-state index contributed by atoms with van der Waals surface area (Å²) in [4.78, 5) is 0. The highest BCUT2D eigenvalue weighted by molar-refractivity contribution is 7.99. The van der Waals surface area contributed by atoms with Crippen LogP contribution >= 0.6 is 11.8 Å². The van der Waals surface area contributed by atoms with Gasteiger partial charge in [-0.05, 0) is 32.2 Å². The fourth-order valence-corrected chi connectivity index (χ4v) is 1.40. The summed E-state index contributed by atoms with van der Waals surface area (Å²) in [5.41, 5.74) is -0.194. The van der Waals surface area contributed by atoms with Crippen LogP contribution < -0.4 is 5.32 Å². The molecule has 17 heavy (non-hydrogen) atoms. The van der Waals surface area contributed by atoms with Gasteiger partial charge in [-0.2, -0.15) is 17.0 Å². The van der Waals surface area contributed by atoms with Crippen molar-refractivity contribution in [2.45, 2.75) is 18.6 Å². The molecule has 1 rings (SSSR count). The molecule has 5 heteroatoms. The molecule has 0 amide bonds. The Labute approximate surface area is 104 Å². The van der Waals surface area contributed by atoms with Crippen LogP contribution in [0.4, 0.5) is 14.5 Å². The number of hydrogen-bond donors (Lipinski definition) is 1.